The summed E-state index contributed by atoms with van der Waals surface area (Å²) in [5.74, 6) is 2.17. The Labute approximate surface area is 165 Å². The number of rotatable bonds is 5. The van der Waals surface area contributed by atoms with Crippen LogP contribution >= 0.6 is 11.3 Å². The van der Waals surface area contributed by atoms with Gasteiger partial charge in [0.15, 0.2) is 34.2 Å². The van der Waals surface area contributed by atoms with E-state index in [0.29, 0.717) is 40.2 Å². The average Bonchev–Trinajstić information content (AvgIpc) is 3.21. The van der Waals surface area contributed by atoms with Crippen molar-refractivity contribution in [2.75, 3.05) is 26.1 Å². The zero-order valence-corrected chi connectivity index (χ0v) is 16.1. The van der Waals surface area contributed by atoms with Crippen molar-refractivity contribution in [1.82, 2.24) is 4.98 Å². The molecule has 3 aromatic rings. The standard InChI is InChI=1S/C20H18N2O5S/c1-24-14-8-7-12(9-17(14)25-2)19(23)22-20-21-13(11-28-20)18-10-26-15-5-3-4-6-16(15)27-18/h3-9,11,18H,10H2,1-2H3,(H,21,22,23)/t18-/m0/s1. The van der Waals surface area contributed by atoms with Gasteiger partial charge in [0.2, 0.25) is 0 Å². The van der Waals surface area contributed by atoms with Gasteiger partial charge in [-0.05, 0) is 30.3 Å². The first kappa shape index (κ1) is 18.1. The van der Waals surface area contributed by atoms with Crippen molar-refractivity contribution in [3.8, 4) is 23.0 Å². The van der Waals surface area contributed by atoms with Crippen molar-refractivity contribution in [3.63, 3.8) is 0 Å². The molecule has 1 N–H and O–H groups in total. The lowest BCUT2D eigenvalue weighted by Gasteiger charge is -2.25. The summed E-state index contributed by atoms with van der Waals surface area (Å²) in [6, 6.07) is 12.5. The lowest BCUT2D eigenvalue weighted by atomic mass is 10.2. The van der Waals surface area contributed by atoms with Gasteiger partial charge in [0.1, 0.15) is 6.61 Å². The second-order valence-corrected chi connectivity index (χ2v) is 6.82. The van der Waals surface area contributed by atoms with Crippen LogP contribution in [0.5, 0.6) is 23.0 Å². The van der Waals surface area contributed by atoms with Crippen molar-refractivity contribution < 1.29 is 23.7 Å². The maximum atomic E-state index is 12.5. The van der Waals surface area contributed by atoms with Gasteiger partial charge < -0.3 is 18.9 Å². The van der Waals surface area contributed by atoms with Crippen molar-refractivity contribution in [1.29, 1.82) is 0 Å². The van der Waals surface area contributed by atoms with E-state index in [1.807, 2.05) is 29.6 Å². The van der Waals surface area contributed by atoms with Crippen molar-refractivity contribution in [2.45, 2.75) is 6.10 Å². The fourth-order valence-electron chi connectivity index (χ4n) is 2.80. The van der Waals surface area contributed by atoms with E-state index in [2.05, 4.69) is 10.3 Å². The molecule has 1 aliphatic rings. The van der Waals surface area contributed by atoms with Crippen LogP contribution in [-0.2, 0) is 0 Å². The SMILES string of the molecule is COc1ccc(C(=O)Nc2nc([C@@H]3COc4ccccc4O3)cs2)cc1OC. The molecule has 0 aliphatic carbocycles. The van der Waals surface area contributed by atoms with Crippen molar-refractivity contribution in [3.05, 3.63) is 59.1 Å². The highest BCUT2D eigenvalue weighted by Crippen LogP contribution is 2.36. The van der Waals surface area contributed by atoms with E-state index in [9.17, 15) is 4.79 Å². The Kier molecular flexibility index (Phi) is 5.03. The van der Waals surface area contributed by atoms with Crippen LogP contribution in [0.25, 0.3) is 0 Å². The number of fused-ring (bicyclic) bond motifs is 1. The number of para-hydroxylation sites is 2. The quantitative estimate of drug-likeness (QED) is 0.702. The predicted molar refractivity (Wildman–Crippen MR) is 105 cm³/mol. The molecule has 2 aromatic carbocycles. The fourth-order valence-corrected chi connectivity index (χ4v) is 3.55. The largest absolute Gasteiger partial charge is 0.493 e. The Hall–Kier alpha value is -3.26. The molecule has 7 nitrogen and oxygen atoms in total. The van der Waals surface area contributed by atoms with E-state index >= 15 is 0 Å². The van der Waals surface area contributed by atoms with E-state index in [1.165, 1.54) is 18.4 Å². The van der Waals surface area contributed by atoms with Gasteiger partial charge in [-0.25, -0.2) is 4.98 Å². The molecule has 1 atom stereocenters. The first-order chi connectivity index (χ1) is 13.7. The van der Waals surface area contributed by atoms with Gasteiger partial charge in [0.05, 0.1) is 19.9 Å². The Balaban J connectivity index is 1.46. The minimum Gasteiger partial charge on any atom is -0.493 e. The zero-order chi connectivity index (χ0) is 19.5. The van der Waals surface area contributed by atoms with Gasteiger partial charge in [0.25, 0.3) is 5.91 Å². The monoisotopic (exact) mass is 398 g/mol. The number of benzene rings is 2. The molecular formula is C20H18N2O5S. The molecule has 4 rings (SSSR count). The first-order valence-electron chi connectivity index (χ1n) is 8.55. The van der Waals surface area contributed by atoms with Crippen LogP contribution in [0, 0.1) is 0 Å². The number of thiazole rings is 1. The molecule has 0 spiro atoms. The molecule has 28 heavy (non-hydrogen) atoms. The maximum absolute atomic E-state index is 12.5. The third kappa shape index (κ3) is 3.59. The molecule has 8 heteroatoms. The highest BCUT2D eigenvalue weighted by atomic mass is 32.1. The Bertz CT molecular complexity index is 1000. The molecule has 0 radical (unpaired) electrons. The van der Waals surface area contributed by atoms with Crippen LogP contribution in [0.15, 0.2) is 47.8 Å². The number of hydrogen-bond donors (Lipinski definition) is 1. The normalized spacial score (nSPS) is 15.0. The van der Waals surface area contributed by atoms with Crippen molar-refractivity contribution in [2.24, 2.45) is 0 Å². The number of carbonyl (C=O) groups excluding carboxylic acids is 1. The molecule has 0 bridgehead atoms. The molecule has 1 amide bonds. The number of methoxy groups -OCH3 is 2. The molecule has 1 aromatic heterocycles. The molecular weight excluding hydrogens is 380 g/mol. The Morgan fingerprint density at radius 1 is 1.14 bits per heavy atom. The van der Waals surface area contributed by atoms with E-state index in [1.54, 1.807) is 25.3 Å². The molecule has 0 fully saturated rings. The molecule has 144 valence electrons. The second kappa shape index (κ2) is 7.77. The second-order valence-electron chi connectivity index (χ2n) is 5.97. The number of nitrogens with zero attached hydrogens (tertiary/aromatic N) is 1. The van der Waals surface area contributed by atoms with Crippen LogP contribution in [0.2, 0.25) is 0 Å². The molecule has 2 heterocycles. The van der Waals surface area contributed by atoms with Crippen LogP contribution in [0.4, 0.5) is 5.13 Å². The predicted octanol–water partition coefficient (Wildman–Crippen LogP) is 3.93. The minimum atomic E-state index is -0.321. The number of ether oxygens (including phenoxy) is 4. The Morgan fingerprint density at radius 2 is 1.93 bits per heavy atom. The summed E-state index contributed by atoms with van der Waals surface area (Å²) in [7, 11) is 3.07. The summed E-state index contributed by atoms with van der Waals surface area (Å²) in [5, 5.41) is 5.14. The van der Waals surface area contributed by atoms with Crippen LogP contribution < -0.4 is 24.3 Å². The molecule has 1 aliphatic heterocycles. The fraction of sp³-hybridized carbons (Fsp3) is 0.200. The van der Waals surface area contributed by atoms with Gasteiger partial charge in [-0.15, -0.1) is 11.3 Å². The van der Waals surface area contributed by atoms with Crippen molar-refractivity contribution >= 4 is 22.4 Å². The van der Waals surface area contributed by atoms with Crippen LogP contribution in [0.3, 0.4) is 0 Å². The summed E-state index contributed by atoms with van der Waals surface area (Å²) < 4.78 is 22.1. The third-order valence-corrected chi connectivity index (χ3v) is 5.00. The lowest BCUT2D eigenvalue weighted by molar-refractivity contribution is 0.0888. The molecule has 0 saturated carbocycles. The van der Waals surface area contributed by atoms with Gasteiger partial charge in [0, 0.05) is 10.9 Å². The lowest BCUT2D eigenvalue weighted by Crippen LogP contribution is -2.22. The number of carbonyl (C=O) groups is 1. The maximum Gasteiger partial charge on any atom is 0.257 e. The summed E-state index contributed by atoms with van der Waals surface area (Å²) in [5.41, 5.74) is 1.16. The topological polar surface area (TPSA) is 78.9 Å². The number of hydrogen-bond acceptors (Lipinski definition) is 7. The van der Waals surface area contributed by atoms with Gasteiger partial charge in [-0.1, -0.05) is 12.1 Å². The number of anilines is 1. The van der Waals surface area contributed by atoms with E-state index in [-0.39, 0.29) is 12.0 Å². The van der Waals surface area contributed by atoms with Gasteiger partial charge in [-0.2, -0.15) is 0 Å². The Morgan fingerprint density at radius 3 is 2.71 bits per heavy atom. The minimum absolute atomic E-state index is 0.284. The van der Waals surface area contributed by atoms with Gasteiger partial charge in [-0.3, -0.25) is 10.1 Å². The van der Waals surface area contributed by atoms with E-state index in [4.69, 9.17) is 18.9 Å². The third-order valence-electron chi connectivity index (χ3n) is 4.23. The summed E-state index contributed by atoms with van der Waals surface area (Å²) >= 11 is 1.33. The summed E-state index contributed by atoms with van der Waals surface area (Å²) in [6.45, 7) is 0.365. The summed E-state index contributed by atoms with van der Waals surface area (Å²) in [4.78, 5) is 17.0. The van der Waals surface area contributed by atoms with Crippen LogP contribution in [-0.4, -0.2) is 31.7 Å². The number of aromatic nitrogens is 1. The number of amides is 1. The zero-order valence-electron chi connectivity index (χ0n) is 15.3. The van der Waals surface area contributed by atoms with E-state index in [0.717, 1.165) is 5.75 Å². The van der Waals surface area contributed by atoms with E-state index < -0.39 is 0 Å². The first-order valence-corrected chi connectivity index (χ1v) is 9.43. The molecule has 0 saturated heterocycles. The number of nitrogens with one attached hydrogen (secondary N) is 1. The highest BCUT2D eigenvalue weighted by molar-refractivity contribution is 7.14. The molecule has 0 unspecified atom stereocenters. The average molecular weight is 398 g/mol. The highest BCUT2D eigenvalue weighted by Gasteiger charge is 2.25. The smallest absolute Gasteiger partial charge is 0.257 e. The summed E-state index contributed by atoms with van der Waals surface area (Å²) in [6.07, 6.45) is -0.321. The van der Waals surface area contributed by atoms with Gasteiger partial charge >= 0.3 is 0 Å². The van der Waals surface area contributed by atoms with Crippen LogP contribution in [0.1, 0.15) is 22.2 Å².